The Balaban J connectivity index is 1.56. The van der Waals surface area contributed by atoms with Gasteiger partial charge in [-0.15, -0.1) is 0 Å². The fourth-order valence-corrected chi connectivity index (χ4v) is 3.95. The number of ether oxygens (including phenoxy) is 2. The molecule has 130 valence electrons. The average molecular weight is 311 g/mol. The van der Waals surface area contributed by atoms with Crippen molar-refractivity contribution in [3.05, 3.63) is 0 Å². The normalized spacial score (nSPS) is 24.5. The standard InChI is InChI=1S/C20H38O2/c1-2-6-10-14-19(13-9-5-1)21-17-18-22-20-15-11-7-3-4-8-12-16-20/h19-20H,1-18H2. The van der Waals surface area contributed by atoms with E-state index in [0.29, 0.717) is 12.2 Å². The van der Waals surface area contributed by atoms with Crippen molar-refractivity contribution in [3.63, 3.8) is 0 Å². The molecule has 2 nitrogen and oxygen atoms in total. The molecule has 0 bridgehead atoms. The summed E-state index contributed by atoms with van der Waals surface area (Å²) in [5.74, 6) is 0. The monoisotopic (exact) mass is 310 g/mol. The van der Waals surface area contributed by atoms with Crippen LogP contribution in [0.15, 0.2) is 0 Å². The molecule has 0 amide bonds. The van der Waals surface area contributed by atoms with E-state index in [2.05, 4.69) is 0 Å². The van der Waals surface area contributed by atoms with Gasteiger partial charge in [0.05, 0.1) is 25.4 Å². The minimum Gasteiger partial charge on any atom is -0.376 e. The van der Waals surface area contributed by atoms with E-state index in [9.17, 15) is 0 Å². The van der Waals surface area contributed by atoms with Crippen molar-refractivity contribution in [2.24, 2.45) is 0 Å². The highest BCUT2D eigenvalue weighted by molar-refractivity contribution is 4.64. The predicted octanol–water partition coefficient (Wildman–Crippen LogP) is 6.03. The molecule has 22 heavy (non-hydrogen) atoms. The third-order valence-electron chi connectivity index (χ3n) is 5.39. The van der Waals surface area contributed by atoms with Gasteiger partial charge in [0.15, 0.2) is 0 Å². The van der Waals surface area contributed by atoms with Crippen LogP contribution in [0.5, 0.6) is 0 Å². The second-order valence-corrected chi connectivity index (χ2v) is 7.38. The minimum absolute atomic E-state index is 0.502. The van der Waals surface area contributed by atoms with Crippen molar-refractivity contribution in [1.82, 2.24) is 0 Å². The smallest absolute Gasteiger partial charge is 0.0704 e. The fourth-order valence-electron chi connectivity index (χ4n) is 3.95. The van der Waals surface area contributed by atoms with Crippen LogP contribution in [0, 0.1) is 0 Å². The third-order valence-corrected chi connectivity index (χ3v) is 5.39. The first-order chi connectivity index (χ1) is 10.9. The van der Waals surface area contributed by atoms with Gasteiger partial charge in [-0.1, -0.05) is 77.0 Å². The highest BCUT2D eigenvalue weighted by Gasteiger charge is 2.13. The lowest BCUT2D eigenvalue weighted by atomic mass is 10.1. The Labute approximate surface area is 138 Å². The van der Waals surface area contributed by atoms with Gasteiger partial charge in [-0.25, -0.2) is 0 Å². The molecule has 2 fully saturated rings. The Kier molecular flexibility index (Phi) is 10.3. The molecule has 2 heteroatoms. The molecule has 0 saturated heterocycles. The molecule has 0 aromatic heterocycles. The van der Waals surface area contributed by atoms with Gasteiger partial charge >= 0.3 is 0 Å². The van der Waals surface area contributed by atoms with E-state index in [1.807, 2.05) is 0 Å². The lowest BCUT2D eigenvalue weighted by Gasteiger charge is -2.20. The summed E-state index contributed by atoms with van der Waals surface area (Å²) >= 11 is 0. The van der Waals surface area contributed by atoms with Crippen LogP contribution in [-0.4, -0.2) is 25.4 Å². The molecule has 0 unspecified atom stereocenters. The van der Waals surface area contributed by atoms with E-state index >= 15 is 0 Å². The Morgan fingerprint density at radius 1 is 0.409 bits per heavy atom. The maximum Gasteiger partial charge on any atom is 0.0704 e. The van der Waals surface area contributed by atoms with E-state index in [0.717, 1.165) is 13.2 Å². The van der Waals surface area contributed by atoms with Crippen LogP contribution in [0.25, 0.3) is 0 Å². The first kappa shape index (κ1) is 18.3. The van der Waals surface area contributed by atoms with Crippen LogP contribution >= 0.6 is 0 Å². The van der Waals surface area contributed by atoms with E-state index < -0.39 is 0 Å². The van der Waals surface area contributed by atoms with Crippen LogP contribution in [0.2, 0.25) is 0 Å². The first-order valence-electron chi connectivity index (χ1n) is 10.2. The van der Waals surface area contributed by atoms with Crippen LogP contribution < -0.4 is 0 Å². The van der Waals surface area contributed by atoms with Crippen molar-refractivity contribution in [3.8, 4) is 0 Å². The average Bonchev–Trinajstić information content (AvgIpc) is 2.75. The first-order valence-corrected chi connectivity index (χ1v) is 10.2. The minimum atomic E-state index is 0.502. The Morgan fingerprint density at radius 3 is 1.00 bits per heavy atom. The number of hydrogen-bond acceptors (Lipinski definition) is 2. The fraction of sp³-hybridized carbons (Fsp3) is 1.00. The van der Waals surface area contributed by atoms with E-state index in [-0.39, 0.29) is 0 Å². The molecule has 0 radical (unpaired) electrons. The largest absolute Gasteiger partial charge is 0.376 e. The van der Waals surface area contributed by atoms with Crippen molar-refractivity contribution in [2.45, 2.75) is 115 Å². The molecule has 2 saturated carbocycles. The molecule has 0 aromatic carbocycles. The van der Waals surface area contributed by atoms with Gasteiger partial charge in [0.2, 0.25) is 0 Å². The highest BCUT2D eigenvalue weighted by Crippen LogP contribution is 2.20. The predicted molar refractivity (Wildman–Crippen MR) is 93.4 cm³/mol. The van der Waals surface area contributed by atoms with Crippen molar-refractivity contribution < 1.29 is 9.47 Å². The van der Waals surface area contributed by atoms with Crippen LogP contribution in [-0.2, 0) is 9.47 Å². The van der Waals surface area contributed by atoms with E-state index in [1.54, 1.807) is 0 Å². The molecule has 0 aliphatic heterocycles. The molecule has 0 aromatic rings. The summed E-state index contributed by atoms with van der Waals surface area (Å²) in [5, 5.41) is 0. The molecule has 0 heterocycles. The maximum absolute atomic E-state index is 6.12. The SMILES string of the molecule is C1CCCCC(OCCOC2CCCCCCCC2)CCC1. The Morgan fingerprint density at radius 2 is 0.682 bits per heavy atom. The van der Waals surface area contributed by atoms with Crippen LogP contribution in [0.3, 0.4) is 0 Å². The molecule has 2 rings (SSSR count). The summed E-state index contributed by atoms with van der Waals surface area (Å²) in [5.41, 5.74) is 0. The quantitative estimate of drug-likeness (QED) is 0.577. The molecule has 2 aliphatic carbocycles. The third kappa shape index (κ3) is 8.53. The van der Waals surface area contributed by atoms with Crippen molar-refractivity contribution >= 4 is 0 Å². The summed E-state index contributed by atoms with van der Waals surface area (Å²) in [6.45, 7) is 1.61. The summed E-state index contributed by atoms with van der Waals surface area (Å²) in [4.78, 5) is 0. The van der Waals surface area contributed by atoms with Crippen LogP contribution in [0.1, 0.15) is 103 Å². The Bertz CT molecular complexity index is 208. The van der Waals surface area contributed by atoms with Gasteiger partial charge in [-0.3, -0.25) is 0 Å². The lowest BCUT2D eigenvalue weighted by Crippen LogP contribution is -2.20. The Hall–Kier alpha value is -0.0800. The molecular formula is C20H38O2. The highest BCUT2D eigenvalue weighted by atomic mass is 16.5. The summed E-state index contributed by atoms with van der Waals surface area (Å²) in [7, 11) is 0. The van der Waals surface area contributed by atoms with E-state index in [1.165, 1.54) is 103 Å². The summed E-state index contributed by atoms with van der Waals surface area (Å²) < 4.78 is 12.2. The van der Waals surface area contributed by atoms with Gasteiger partial charge in [-0.05, 0) is 25.7 Å². The van der Waals surface area contributed by atoms with Gasteiger partial charge in [0.25, 0.3) is 0 Å². The number of hydrogen-bond donors (Lipinski definition) is 0. The topological polar surface area (TPSA) is 18.5 Å². The van der Waals surface area contributed by atoms with Gasteiger partial charge in [0, 0.05) is 0 Å². The van der Waals surface area contributed by atoms with E-state index in [4.69, 9.17) is 9.47 Å². The maximum atomic E-state index is 6.12. The van der Waals surface area contributed by atoms with Gasteiger partial charge < -0.3 is 9.47 Å². The van der Waals surface area contributed by atoms with Crippen LogP contribution in [0.4, 0.5) is 0 Å². The zero-order valence-corrected chi connectivity index (χ0v) is 14.7. The molecule has 0 spiro atoms. The zero-order chi connectivity index (χ0) is 15.3. The van der Waals surface area contributed by atoms with Gasteiger partial charge in [-0.2, -0.15) is 0 Å². The molecule has 2 aliphatic rings. The molecular weight excluding hydrogens is 272 g/mol. The summed E-state index contributed by atoms with van der Waals surface area (Å²) in [6, 6.07) is 0. The zero-order valence-electron chi connectivity index (χ0n) is 14.7. The number of rotatable bonds is 5. The lowest BCUT2D eigenvalue weighted by molar-refractivity contribution is -0.0321. The second-order valence-electron chi connectivity index (χ2n) is 7.38. The van der Waals surface area contributed by atoms with Crippen molar-refractivity contribution in [2.75, 3.05) is 13.2 Å². The molecule has 0 N–H and O–H groups in total. The molecule has 0 atom stereocenters. The second kappa shape index (κ2) is 12.4. The van der Waals surface area contributed by atoms with Crippen molar-refractivity contribution in [1.29, 1.82) is 0 Å². The summed E-state index contributed by atoms with van der Waals surface area (Å²) in [6.07, 6.45) is 22.8. The van der Waals surface area contributed by atoms with Gasteiger partial charge in [0.1, 0.15) is 0 Å².